The fourth-order valence-electron chi connectivity index (χ4n) is 2.08. The SMILES string of the molecule is Nc1cnc2ccccc2c1Nc1c(Cl)cc(F)cc1Br. The number of nitrogens with one attached hydrogen (secondary N) is 1. The molecule has 0 saturated heterocycles. The summed E-state index contributed by atoms with van der Waals surface area (Å²) in [5.41, 5.74) is 8.55. The summed E-state index contributed by atoms with van der Waals surface area (Å²) >= 11 is 9.40. The Hall–Kier alpha value is -1.85. The third-order valence-corrected chi connectivity index (χ3v) is 3.99. The van der Waals surface area contributed by atoms with Crippen LogP contribution in [0, 0.1) is 5.82 Å². The average molecular weight is 367 g/mol. The van der Waals surface area contributed by atoms with Gasteiger partial charge in [0.05, 0.1) is 33.8 Å². The van der Waals surface area contributed by atoms with Gasteiger partial charge in [-0.05, 0) is 34.1 Å². The van der Waals surface area contributed by atoms with E-state index in [1.54, 1.807) is 6.20 Å². The summed E-state index contributed by atoms with van der Waals surface area (Å²) in [5.74, 6) is -0.412. The van der Waals surface area contributed by atoms with Gasteiger partial charge in [0.15, 0.2) is 0 Å². The summed E-state index contributed by atoms with van der Waals surface area (Å²) in [5, 5.41) is 4.30. The molecule has 3 N–H and O–H groups in total. The number of halogens is 3. The van der Waals surface area contributed by atoms with Gasteiger partial charge in [0.1, 0.15) is 5.82 Å². The van der Waals surface area contributed by atoms with Crippen LogP contribution in [0.15, 0.2) is 47.1 Å². The number of benzene rings is 2. The van der Waals surface area contributed by atoms with Crippen LogP contribution in [0.25, 0.3) is 10.9 Å². The maximum absolute atomic E-state index is 13.3. The molecule has 0 aliphatic rings. The highest BCUT2D eigenvalue weighted by Gasteiger charge is 2.12. The van der Waals surface area contributed by atoms with Crippen LogP contribution in [-0.4, -0.2) is 4.98 Å². The highest BCUT2D eigenvalue weighted by molar-refractivity contribution is 9.10. The second kappa shape index (κ2) is 5.50. The van der Waals surface area contributed by atoms with Gasteiger partial charge in [-0.1, -0.05) is 29.8 Å². The average Bonchev–Trinajstić information content (AvgIpc) is 2.44. The summed E-state index contributed by atoms with van der Waals surface area (Å²) in [6, 6.07) is 10.2. The molecule has 21 heavy (non-hydrogen) atoms. The minimum absolute atomic E-state index is 0.266. The molecule has 0 aliphatic heterocycles. The number of hydrogen-bond donors (Lipinski definition) is 2. The molecule has 0 bridgehead atoms. The molecule has 0 amide bonds. The van der Waals surface area contributed by atoms with Crippen LogP contribution in [0.1, 0.15) is 0 Å². The van der Waals surface area contributed by atoms with Gasteiger partial charge in [0.25, 0.3) is 0 Å². The van der Waals surface area contributed by atoms with Crippen LogP contribution in [0.2, 0.25) is 5.02 Å². The molecular formula is C15H10BrClFN3. The van der Waals surface area contributed by atoms with Crippen LogP contribution in [0.3, 0.4) is 0 Å². The lowest BCUT2D eigenvalue weighted by atomic mass is 10.1. The summed E-state index contributed by atoms with van der Waals surface area (Å²) in [6.07, 6.45) is 1.58. The predicted octanol–water partition coefficient (Wildman–Crippen LogP) is 5.12. The quantitative estimate of drug-likeness (QED) is 0.662. The number of nitrogens with zero attached hydrogens (tertiary/aromatic N) is 1. The molecule has 3 rings (SSSR count). The zero-order valence-corrected chi connectivity index (χ0v) is 13.0. The molecule has 0 aliphatic carbocycles. The van der Waals surface area contributed by atoms with Gasteiger partial charge in [0.2, 0.25) is 0 Å². The fraction of sp³-hybridized carbons (Fsp3) is 0. The first-order valence-electron chi connectivity index (χ1n) is 6.11. The molecule has 2 aromatic carbocycles. The van der Waals surface area contributed by atoms with Gasteiger partial charge in [-0.15, -0.1) is 0 Å². The van der Waals surface area contributed by atoms with Crippen LogP contribution >= 0.6 is 27.5 Å². The van der Waals surface area contributed by atoms with Crippen LogP contribution in [0.5, 0.6) is 0 Å². The van der Waals surface area contributed by atoms with E-state index >= 15 is 0 Å². The number of anilines is 3. The Labute approximate surface area is 134 Å². The molecule has 0 unspecified atom stereocenters. The largest absolute Gasteiger partial charge is 0.396 e. The van der Waals surface area contributed by atoms with E-state index in [1.807, 2.05) is 24.3 Å². The maximum atomic E-state index is 13.3. The van der Waals surface area contributed by atoms with Crippen molar-refractivity contribution in [3.05, 3.63) is 57.9 Å². The van der Waals surface area contributed by atoms with E-state index in [1.165, 1.54) is 12.1 Å². The van der Waals surface area contributed by atoms with Crippen LogP contribution in [0.4, 0.5) is 21.5 Å². The Morgan fingerprint density at radius 2 is 1.95 bits per heavy atom. The van der Waals surface area contributed by atoms with Gasteiger partial charge in [0, 0.05) is 9.86 Å². The summed E-state index contributed by atoms with van der Waals surface area (Å²) < 4.78 is 13.8. The molecule has 106 valence electrons. The molecule has 0 saturated carbocycles. The van der Waals surface area contributed by atoms with Crippen molar-refractivity contribution >= 4 is 55.5 Å². The predicted molar refractivity (Wildman–Crippen MR) is 88.5 cm³/mol. The van der Waals surface area contributed by atoms with E-state index in [-0.39, 0.29) is 5.02 Å². The van der Waals surface area contributed by atoms with E-state index in [0.29, 0.717) is 21.5 Å². The first-order valence-corrected chi connectivity index (χ1v) is 7.28. The Bertz CT molecular complexity index is 815. The first kappa shape index (κ1) is 14.1. The summed E-state index contributed by atoms with van der Waals surface area (Å²) in [7, 11) is 0. The number of nitrogens with two attached hydrogens (primary N) is 1. The van der Waals surface area contributed by atoms with Crippen molar-refractivity contribution in [2.24, 2.45) is 0 Å². The van der Waals surface area contributed by atoms with Crippen molar-refractivity contribution < 1.29 is 4.39 Å². The lowest BCUT2D eigenvalue weighted by molar-refractivity contribution is 0.627. The van der Waals surface area contributed by atoms with Gasteiger partial charge in [-0.2, -0.15) is 0 Å². The van der Waals surface area contributed by atoms with E-state index in [4.69, 9.17) is 17.3 Å². The zero-order chi connectivity index (χ0) is 15.0. The van der Waals surface area contributed by atoms with Gasteiger partial charge in [-0.3, -0.25) is 4.98 Å². The van der Waals surface area contributed by atoms with Crippen LogP contribution in [-0.2, 0) is 0 Å². The Morgan fingerprint density at radius 1 is 1.19 bits per heavy atom. The summed E-state index contributed by atoms with van der Waals surface area (Å²) in [6.45, 7) is 0. The molecule has 3 aromatic rings. The van der Waals surface area contributed by atoms with Gasteiger partial charge in [-0.25, -0.2) is 4.39 Å². The molecular weight excluding hydrogens is 357 g/mol. The van der Waals surface area contributed by atoms with Crippen molar-refractivity contribution in [1.29, 1.82) is 0 Å². The minimum atomic E-state index is -0.412. The van der Waals surface area contributed by atoms with E-state index < -0.39 is 5.82 Å². The van der Waals surface area contributed by atoms with Gasteiger partial charge < -0.3 is 11.1 Å². The number of hydrogen-bond acceptors (Lipinski definition) is 3. The maximum Gasteiger partial charge on any atom is 0.125 e. The highest BCUT2D eigenvalue weighted by Crippen LogP contribution is 2.37. The second-order valence-electron chi connectivity index (χ2n) is 4.48. The third-order valence-electron chi connectivity index (χ3n) is 3.06. The van der Waals surface area contributed by atoms with Crippen LogP contribution < -0.4 is 11.1 Å². The van der Waals surface area contributed by atoms with Crippen molar-refractivity contribution in [2.75, 3.05) is 11.1 Å². The van der Waals surface area contributed by atoms with Crippen molar-refractivity contribution in [1.82, 2.24) is 4.98 Å². The molecule has 0 spiro atoms. The van der Waals surface area contributed by atoms with Gasteiger partial charge >= 0.3 is 0 Å². The monoisotopic (exact) mass is 365 g/mol. The second-order valence-corrected chi connectivity index (χ2v) is 5.74. The molecule has 0 atom stereocenters. The van der Waals surface area contributed by atoms with Crippen molar-refractivity contribution in [2.45, 2.75) is 0 Å². The number of fused-ring (bicyclic) bond motifs is 1. The Balaban J connectivity index is 2.17. The minimum Gasteiger partial charge on any atom is -0.396 e. The topological polar surface area (TPSA) is 50.9 Å². The molecule has 1 aromatic heterocycles. The Morgan fingerprint density at radius 3 is 2.71 bits per heavy atom. The van der Waals surface area contributed by atoms with E-state index in [0.717, 1.165) is 10.9 Å². The van der Waals surface area contributed by atoms with E-state index in [2.05, 4.69) is 26.2 Å². The fourth-order valence-corrected chi connectivity index (χ4v) is 2.98. The smallest absolute Gasteiger partial charge is 0.125 e. The first-order chi connectivity index (χ1) is 10.1. The highest BCUT2D eigenvalue weighted by atomic mass is 79.9. The zero-order valence-electron chi connectivity index (χ0n) is 10.7. The van der Waals surface area contributed by atoms with Crippen molar-refractivity contribution in [3.8, 4) is 0 Å². The molecule has 3 nitrogen and oxygen atoms in total. The standard InChI is InChI=1S/C15H10BrClFN3/c16-10-5-8(18)6-11(17)15(10)21-14-9-3-1-2-4-13(9)20-7-12(14)19/h1-7H,19H2,(H,20,21). The number of aromatic nitrogens is 1. The molecule has 0 radical (unpaired) electrons. The lowest BCUT2D eigenvalue weighted by Crippen LogP contribution is -2.00. The summed E-state index contributed by atoms with van der Waals surface area (Å²) in [4.78, 5) is 4.27. The number of nitrogen functional groups attached to an aromatic ring is 1. The normalized spacial score (nSPS) is 10.8. The lowest BCUT2D eigenvalue weighted by Gasteiger charge is -2.15. The number of para-hydroxylation sites is 1. The number of pyridine rings is 1. The van der Waals surface area contributed by atoms with Crippen molar-refractivity contribution in [3.63, 3.8) is 0 Å². The third kappa shape index (κ3) is 2.66. The van der Waals surface area contributed by atoms with E-state index in [9.17, 15) is 4.39 Å². The molecule has 0 fully saturated rings. The number of rotatable bonds is 2. The molecule has 1 heterocycles. The molecule has 6 heteroatoms. The Kier molecular flexibility index (Phi) is 3.69.